The molecule has 0 fully saturated rings. The van der Waals surface area contributed by atoms with Gasteiger partial charge >= 0.3 is 5.97 Å². The summed E-state index contributed by atoms with van der Waals surface area (Å²) in [4.78, 5) is 24.0. The van der Waals surface area contributed by atoms with Crippen molar-refractivity contribution >= 4 is 29.1 Å². The zero-order valence-corrected chi connectivity index (χ0v) is 13.4. The summed E-state index contributed by atoms with van der Waals surface area (Å²) >= 11 is 0.827. The number of halogens is 3. The zero-order valence-electron chi connectivity index (χ0n) is 12.6. The van der Waals surface area contributed by atoms with Crippen LogP contribution in [0.1, 0.15) is 29.2 Å². The van der Waals surface area contributed by atoms with Crippen LogP contribution in [0.15, 0.2) is 12.1 Å². The van der Waals surface area contributed by atoms with E-state index in [1.54, 1.807) is 6.92 Å². The van der Waals surface area contributed by atoms with E-state index in [2.05, 4.69) is 9.59 Å². The molecule has 2 rings (SSSR count). The maximum absolute atomic E-state index is 13.5. The summed E-state index contributed by atoms with van der Waals surface area (Å²) in [6, 6.07) is 1.53. The van der Waals surface area contributed by atoms with Crippen molar-refractivity contribution in [1.29, 1.82) is 0 Å². The largest absolute Gasteiger partial charge is 0.448 e. The fourth-order valence-electron chi connectivity index (χ4n) is 1.72. The van der Waals surface area contributed by atoms with Gasteiger partial charge in [-0.2, -0.15) is 0 Å². The number of nitrogens with one attached hydrogen (secondary N) is 1. The molecule has 0 spiro atoms. The van der Waals surface area contributed by atoms with Crippen LogP contribution in [-0.4, -0.2) is 27.6 Å². The minimum absolute atomic E-state index is 0.163. The summed E-state index contributed by atoms with van der Waals surface area (Å²) in [5.41, 5.74) is -0.125. The Balaban J connectivity index is 2.05. The maximum atomic E-state index is 13.5. The summed E-state index contributed by atoms with van der Waals surface area (Å²) in [6.45, 7) is 3.03. The van der Waals surface area contributed by atoms with Crippen LogP contribution in [0.3, 0.4) is 0 Å². The van der Waals surface area contributed by atoms with Crippen LogP contribution in [0.25, 0.3) is 0 Å². The van der Waals surface area contributed by atoms with Crippen LogP contribution in [0.4, 0.5) is 18.9 Å². The van der Waals surface area contributed by atoms with Crippen molar-refractivity contribution in [2.24, 2.45) is 0 Å². The molecular weight excluding hydrogens is 347 g/mol. The van der Waals surface area contributed by atoms with Crippen molar-refractivity contribution in [3.8, 4) is 0 Å². The molecule has 1 heterocycles. The van der Waals surface area contributed by atoms with E-state index in [1.165, 1.54) is 6.92 Å². The standard InChI is InChI=1S/C14H12F3N3O3S/c1-3-8-12(24-20-19-8)14(22)23-6(2)13(21)18-9-5-4-7(15)10(16)11(9)17/h4-6H,3H2,1-2H3,(H,18,21)/t6-/m1/s1. The molecule has 2 aromatic rings. The minimum atomic E-state index is -1.71. The molecule has 0 bridgehead atoms. The molecule has 1 N–H and O–H groups in total. The SMILES string of the molecule is CCc1nnsc1C(=O)O[C@H](C)C(=O)Nc1ccc(F)c(F)c1F. The van der Waals surface area contributed by atoms with Crippen molar-refractivity contribution in [1.82, 2.24) is 9.59 Å². The van der Waals surface area contributed by atoms with E-state index in [-0.39, 0.29) is 4.88 Å². The molecule has 0 unspecified atom stereocenters. The van der Waals surface area contributed by atoms with E-state index in [1.807, 2.05) is 5.32 Å². The van der Waals surface area contributed by atoms with Crippen LogP contribution >= 0.6 is 11.5 Å². The van der Waals surface area contributed by atoms with E-state index >= 15 is 0 Å². The molecule has 10 heteroatoms. The van der Waals surface area contributed by atoms with Gasteiger partial charge in [0.05, 0.1) is 11.4 Å². The third kappa shape index (κ3) is 3.70. The Morgan fingerprint density at radius 2 is 2.00 bits per heavy atom. The van der Waals surface area contributed by atoms with Crippen LogP contribution in [-0.2, 0) is 16.0 Å². The Labute approximate surface area is 138 Å². The number of ether oxygens (including phenoxy) is 1. The van der Waals surface area contributed by atoms with E-state index in [0.717, 1.165) is 17.6 Å². The number of aryl methyl sites for hydroxylation is 1. The molecule has 0 saturated carbocycles. The lowest BCUT2D eigenvalue weighted by Gasteiger charge is -2.13. The third-order valence-electron chi connectivity index (χ3n) is 3.02. The Morgan fingerprint density at radius 1 is 1.29 bits per heavy atom. The molecule has 1 aromatic carbocycles. The molecule has 0 aliphatic heterocycles. The number of amides is 1. The molecule has 1 atom stereocenters. The second-order valence-electron chi connectivity index (χ2n) is 4.66. The number of hydrogen-bond acceptors (Lipinski definition) is 6. The summed E-state index contributed by atoms with van der Waals surface area (Å²) in [5, 5.41) is 5.78. The first-order chi connectivity index (χ1) is 11.3. The quantitative estimate of drug-likeness (QED) is 0.656. The van der Waals surface area contributed by atoms with Crippen molar-refractivity contribution in [2.75, 3.05) is 5.32 Å². The van der Waals surface area contributed by atoms with Gasteiger partial charge < -0.3 is 10.1 Å². The first-order valence-electron chi connectivity index (χ1n) is 6.81. The number of hydrogen-bond donors (Lipinski definition) is 1. The highest BCUT2D eigenvalue weighted by molar-refractivity contribution is 7.07. The van der Waals surface area contributed by atoms with Gasteiger partial charge in [-0.1, -0.05) is 11.4 Å². The predicted octanol–water partition coefficient (Wildman–Crippen LogP) is 2.70. The maximum Gasteiger partial charge on any atom is 0.352 e. The summed E-state index contributed by atoms with van der Waals surface area (Å²) < 4.78 is 48.1. The average molecular weight is 359 g/mol. The second-order valence-corrected chi connectivity index (χ2v) is 5.42. The predicted molar refractivity (Wildman–Crippen MR) is 79.1 cm³/mol. The van der Waals surface area contributed by atoms with Crippen LogP contribution in [0, 0.1) is 17.5 Å². The highest BCUT2D eigenvalue weighted by atomic mass is 32.1. The molecule has 128 valence electrons. The number of carbonyl (C=O) groups is 2. The van der Waals surface area contributed by atoms with Crippen molar-refractivity contribution in [2.45, 2.75) is 26.4 Å². The monoisotopic (exact) mass is 359 g/mol. The van der Waals surface area contributed by atoms with Gasteiger partial charge in [0.15, 0.2) is 28.4 Å². The molecular formula is C14H12F3N3O3S. The van der Waals surface area contributed by atoms with Gasteiger partial charge in [0, 0.05) is 0 Å². The zero-order chi connectivity index (χ0) is 17.9. The van der Waals surface area contributed by atoms with E-state index in [4.69, 9.17) is 4.74 Å². The molecule has 0 radical (unpaired) electrons. The molecule has 1 aromatic heterocycles. The highest BCUT2D eigenvalue weighted by Crippen LogP contribution is 2.20. The fourth-order valence-corrected chi connectivity index (χ4v) is 2.35. The van der Waals surface area contributed by atoms with Gasteiger partial charge in [-0.3, -0.25) is 4.79 Å². The first-order valence-corrected chi connectivity index (χ1v) is 7.59. The third-order valence-corrected chi connectivity index (χ3v) is 3.77. The molecule has 0 aliphatic rings. The lowest BCUT2D eigenvalue weighted by Crippen LogP contribution is -2.30. The van der Waals surface area contributed by atoms with Crippen LogP contribution < -0.4 is 5.32 Å². The minimum Gasteiger partial charge on any atom is -0.448 e. The molecule has 24 heavy (non-hydrogen) atoms. The number of anilines is 1. The lowest BCUT2D eigenvalue weighted by atomic mass is 10.2. The second kappa shape index (κ2) is 7.39. The number of rotatable bonds is 5. The van der Waals surface area contributed by atoms with Gasteiger partial charge in [0.1, 0.15) is 0 Å². The van der Waals surface area contributed by atoms with Gasteiger partial charge in [-0.25, -0.2) is 18.0 Å². The molecule has 0 saturated heterocycles. The van der Waals surface area contributed by atoms with Gasteiger partial charge in [0.25, 0.3) is 5.91 Å². The summed E-state index contributed by atoms with van der Waals surface area (Å²) in [7, 11) is 0. The Kier molecular flexibility index (Phi) is 5.50. The van der Waals surface area contributed by atoms with Crippen LogP contribution in [0.5, 0.6) is 0 Å². The molecule has 1 amide bonds. The number of nitrogens with zero attached hydrogens (tertiary/aromatic N) is 2. The normalized spacial score (nSPS) is 11.9. The van der Waals surface area contributed by atoms with Gasteiger partial charge in [0.2, 0.25) is 0 Å². The smallest absolute Gasteiger partial charge is 0.352 e. The average Bonchev–Trinajstić information content (AvgIpc) is 3.04. The first kappa shape index (κ1) is 17.9. The van der Waals surface area contributed by atoms with Gasteiger partial charge in [-0.05, 0) is 37.0 Å². The summed E-state index contributed by atoms with van der Waals surface area (Å²) in [6.07, 6.45) is -0.835. The van der Waals surface area contributed by atoms with E-state index in [9.17, 15) is 22.8 Å². The lowest BCUT2D eigenvalue weighted by molar-refractivity contribution is -0.123. The Bertz CT molecular complexity index is 782. The Morgan fingerprint density at radius 3 is 2.67 bits per heavy atom. The van der Waals surface area contributed by atoms with Gasteiger partial charge in [-0.15, -0.1) is 5.10 Å². The number of esters is 1. The number of aromatic nitrogens is 2. The Hall–Kier alpha value is -2.49. The molecule has 6 nitrogen and oxygen atoms in total. The number of carbonyl (C=O) groups excluding carboxylic acids is 2. The van der Waals surface area contributed by atoms with Crippen LogP contribution in [0.2, 0.25) is 0 Å². The van der Waals surface area contributed by atoms with Crippen molar-refractivity contribution in [3.05, 3.63) is 40.2 Å². The van der Waals surface area contributed by atoms with Crippen molar-refractivity contribution < 1.29 is 27.5 Å². The van der Waals surface area contributed by atoms with E-state index < -0.39 is 41.1 Å². The topological polar surface area (TPSA) is 81.2 Å². The number of benzene rings is 1. The fraction of sp³-hybridized carbons (Fsp3) is 0.286. The van der Waals surface area contributed by atoms with E-state index in [0.29, 0.717) is 18.2 Å². The molecule has 0 aliphatic carbocycles. The highest BCUT2D eigenvalue weighted by Gasteiger charge is 2.24. The summed E-state index contributed by atoms with van der Waals surface area (Å²) in [5.74, 6) is -6.32. The van der Waals surface area contributed by atoms with Crippen molar-refractivity contribution in [3.63, 3.8) is 0 Å².